The van der Waals surface area contributed by atoms with Crippen molar-refractivity contribution in [3.8, 4) is 0 Å². The third kappa shape index (κ3) is 1.36. The van der Waals surface area contributed by atoms with Gasteiger partial charge in [-0.1, -0.05) is 0 Å². The molecule has 2 rings (SSSR count). The maximum absolute atomic E-state index is 12.9. The van der Waals surface area contributed by atoms with Gasteiger partial charge in [0.05, 0.1) is 4.90 Å². The van der Waals surface area contributed by atoms with Gasteiger partial charge in [0.25, 0.3) is 0 Å². The highest BCUT2D eigenvalue weighted by atomic mass is 32.2. The van der Waals surface area contributed by atoms with E-state index in [0.29, 0.717) is 11.1 Å². The number of thiol groups is 1. The van der Waals surface area contributed by atoms with Gasteiger partial charge in [0.2, 0.25) is 9.84 Å². The number of fused-ring (bicyclic) bond motifs is 1. The van der Waals surface area contributed by atoms with E-state index in [0.717, 1.165) is 11.5 Å². The molecule has 0 unspecified atom stereocenters. The third-order valence-electron chi connectivity index (χ3n) is 2.06. The predicted molar refractivity (Wildman–Crippen MR) is 55.4 cm³/mol. The molecule has 0 aliphatic carbocycles. The second kappa shape index (κ2) is 3.10. The van der Waals surface area contributed by atoms with Gasteiger partial charge in [-0.15, -0.1) is 0 Å². The van der Waals surface area contributed by atoms with E-state index in [9.17, 15) is 12.8 Å². The van der Waals surface area contributed by atoms with Gasteiger partial charge >= 0.3 is 0 Å². The van der Waals surface area contributed by atoms with Crippen LogP contribution >= 0.6 is 12.6 Å². The SMILES string of the molecule is O=S1(=O)C=C(CS)c2cc(F)ccc21. The quantitative estimate of drug-likeness (QED) is 0.590. The zero-order valence-corrected chi connectivity index (χ0v) is 8.78. The van der Waals surface area contributed by atoms with Crippen LogP contribution in [-0.2, 0) is 9.84 Å². The first-order chi connectivity index (χ1) is 6.54. The second-order valence-electron chi connectivity index (χ2n) is 2.99. The highest BCUT2D eigenvalue weighted by Gasteiger charge is 2.26. The Hall–Kier alpha value is -0.810. The van der Waals surface area contributed by atoms with Crippen LogP contribution in [0.4, 0.5) is 4.39 Å². The van der Waals surface area contributed by atoms with Gasteiger partial charge in [0.1, 0.15) is 5.82 Å². The summed E-state index contributed by atoms with van der Waals surface area (Å²) in [6.45, 7) is 0. The van der Waals surface area contributed by atoms with Crippen LogP contribution in [0.25, 0.3) is 5.57 Å². The largest absolute Gasteiger partial charge is 0.219 e. The summed E-state index contributed by atoms with van der Waals surface area (Å²) in [6.07, 6.45) is 0. The molecule has 0 radical (unpaired) electrons. The standard InChI is InChI=1S/C9H7FO2S2/c10-7-1-2-9-8(3-7)6(4-13)5-14(9,11)12/h1-3,5,13H,4H2. The van der Waals surface area contributed by atoms with Gasteiger partial charge in [-0.2, -0.15) is 12.6 Å². The summed E-state index contributed by atoms with van der Waals surface area (Å²) in [6, 6.07) is 3.65. The summed E-state index contributed by atoms with van der Waals surface area (Å²) in [5.74, 6) is -0.149. The van der Waals surface area contributed by atoms with Crippen LogP contribution in [-0.4, -0.2) is 14.2 Å². The molecule has 14 heavy (non-hydrogen) atoms. The fraction of sp³-hybridized carbons (Fsp3) is 0.111. The Labute approximate surface area is 86.8 Å². The van der Waals surface area contributed by atoms with Gasteiger partial charge in [0.15, 0.2) is 0 Å². The number of halogens is 1. The van der Waals surface area contributed by atoms with Crippen LogP contribution in [0, 0.1) is 5.82 Å². The Morgan fingerprint density at radius 2 is 2.07 bits per heavy atom. The zero-order chi connectivity index (χ0) is 10.3. The molecular formula is C9H7FO2S2. The van der Waals surface area contributed by atoms with E-state index >= 15 is 0 Å². The lowest BCUT2D eigenvalue weighted by atomic mass is 10.1. The van der Waals surface area contributed by atoms with E-state index in [1.54, 1.807) is 0 Å². The molecule has 74 valence electrons. The molecule has 0 bridgehead atoms. The summed E-state index contributed by atoms with van der Waals surface area (Å²) in [4.78, 5) is 0.169. The molecule has 0 aromatic heterocycles. The predicted octanol–water partition coefficient (Wildman–Crippen LogP) is 1.88. The molecule has 0 saturated heterocycles. The second-order valence-corrected chi connectivity index (χ2v) is 5.07. The van der Waals surface area contributed by atoms with Crippen molar-refractivity contribution >= 4 is 28.0 Å². The van der Waals surface area contributed by atoms with E-state index < -0.39 is 15.7 Å². The molecule has 0 amide bonds. The molecule has 0 atom stereocenters. The van der Waals surface area contributed by atoms with Gasteiger partial charge in [-0.3, -0.25) is 0 Å². The summed E-state index contributed by atoms with van der Waals surface area (Å²) >= 11 is 4.00. The molecule has 0 saturated carbocycles. The van der Waals surface area contributed by atoms with Crippen LogP contribution in [0.2, 0.25) is 0 Å². The zero-order valence-electron chi connectivity index (χ0n) is 7.07. The monoisotopic (exact) mass is 230 g/mol. The van der Waals surface area contributed by atoms with Crippen LogP contribution in [0.5, 0.6) is 0 Å². The Bertz CT molecular complexity index is 518. The lowest BCUT2D eigenvalue weighted by Crippen LogP contribution is -1.93. The lowest BCUT2D eigenvalue weighted by molar-refractivity contribution is 0.604. The smallest absolute Gasteiger partial charge is 0.200 e. The summed E-state index contributed by atoms with van der Waals surface area (Å²) in [7, 11) is -3.36. The molecule has 0 fully saturated rings. The van der Waals surface area contributed by atoms with Crippen LogP contribution < -0.4 is 0 Å². The molecule has 1 aliphatic heterocycles. The van der Waals surface area contributed by atoms with Gasteiger partial charge in [0, 0.05) is 16.7 Å². The number of sulfone groups is 1. The molecular weight excluding hydrogens is 223 g/mol. The minimum absolute atomic E-state index is 0.169. The minimum Gasteiger partial charge on any atom is -0.219 e. The average molecular weight is 230 g/mol. The molecule has 1 aromatic rings. The van der Waals surface area contributed by atoms with Crippen molar-refractivity contribution in [2.24, 2.45) is 0 Å². The third-order valence-corrected chi connectivity index (χ3v) is 3.97. The number of benzene rings is 1. The number of rotatable bonds is 1. The first kappa shape index (κ1) is 9.73. The highest BCUT2D eigenvalue weighted by Crippen LogP contribution is 2.34. The molecule has 1 aliphatic rings. The van der Waals surface area contributed by atoms with E-state index in [-0.39, 0.29) is 10.6 Å². The van der Waals surface area contributed by atoms with E-state index in [2.05, 4.69) is 12.6 Å². The fourth-order valence-electron chi connectivity index (χ4n) is 1.44. The van der Waals surface area contributed by atoms with E-state index in [4.69, 9.17) is 0 Å². The molecule has 0 spiro atoms. The minimum atomic E-state index is -3.36. The van der Waals surface area contributed by atoms with Crippen molar-refractivity contribution in [1.82, 2.24) is 0 Å². The van der Waals surface area contributed by atoms with Crippen molar-refractivity contribution in [3.63, 3.8) is 0 Å². The van der Waals surface area contributed by atoms with Crippen molar-refractivity contribution in [3.05, 3.63) is 35.0 Å². The van der Waals surface area contributed by atoms with E-state index in [1.165, 1.54) is 12.1 Å². The van der Waals surface area contributed by atoms with Crippen molar-refractivity contribution in [2.45, 2.75) is 4.90 Å². The normalized spacial score (nSPS) is 17.7. The maximum Gasteiger partial charge on any atom is 0.200 e. The Morgan fingerprint density at radius 3 is 2.71 bits per heavy atom. The topological polar surface area (TPSA) is 34.1 Å². The average Bonchev–Trinajstić information content (AvgIpc) is 2.37. The molecule has 1 heterocycles. The summed E-state index contributed by atoms with van der Waals surface area (Å²) in [5.41, 5.74) is 0.975. The molecule has 0 N–H and O–H groups in total. The van der Waals surface area contributed by atoms with E-state index in [1.807, 2.05) is 0 Å². The number of hydrogen-bond donors (Lipinski definition) is 1. The van der Waals surface area contributed by atoms with Crippen LogP contribution in [0.1, 0.15) is 5.56 Å². The molecule has 5 heteroatoms. The molecule has 2 nitrogen and oxygen atoms in total. The van der Waals surface area contributed by atoms with Crippen molar-refractivity contribution in [1.29, 1.82) is 0 Å². The first-order valence-electron chi connectivity index (χ1n) is 3.91. The Balaban J connectivity index is 2.75. The summed E-state index contributed by atoms with van der Waals surface area (Å²) < 4.78 is 35.9. The Morgan fingerprint density at radius 1 is 1.36 bits per heavy atom. The van der Waals surface area contributed by atoms with Crippen molar-refractivity contribution < 1.29 is 12.8 Å². The van der Waals surface area contributed by atoms with Gasteiger partial charge < -0.3 is 0 Å². The van der Waals surface area contributed by atoms with Crippen molar-refractivity contribution in [2.75, 3.05) is 5.75 Å². The van der Waals surface area contributed by atoms with Crippen LogP contribution in [0.3, 0.4) is 0 Å². The first-order valence-corrected chi connectivity index (χ1v) is 6.09. The van der Waals surface area contributed by atoms with Crippen LogP contribution in [0.15, 0.2) is 28.5 Å². The highest BCUT2D eigenvalue weighted by molar-refractivity contribution is 7.95. The fourth-order valence-corrected chi connectivity index (χ4v) is 3.29. The Kier molecular flexibility index (Phi) is 2.16. The maximum atomic E-state index is 12.9. The summed E-state index contributed by atoms with van der Waals surface area (Å²) in [5, 5.41) is 1.14. The lowest BCUT2D eigenvalue weighted by Gasteiger charge is -2.00. The number of hydrogen-bond acceptors (Lipinski definition) is 3. The molecule has 1 aromatic carbocycles. The van der Waals surface area contributed by atoms with Gasteiger partial charge in [-0.05, 0) is 23.8 Å². The van der Waals surface area contributed by atoms with Gasteiger partial charge in [-0.25, -0.2) is 12.8 Å².